The number of ether oxygens (including phenoxy) is 3. The third-order valence-corrected chi connectivity index (χ3v) is 8.76. The van der Waals surface area contributed by atoms with E-state index >= 15 is 0 Å². The van der Waals surface area contributed by atoms with E-state index in [-0.39, 0.29) is 49.1 Å². The summed E-state index contributed by atoms with van der Waals surface area (Å²) in [5, 5.41) is 11.5. The van der Waals surface area contributed by atoms with Gasteiger partial charge in [-0.3, -0.25) is 4.79 Å². The monoisotopic (exact) mass is 466 g/mol. The predicted octanol–water partition coefficient (Wildman–Crippen LogP) is 3.92. The van der Waals surface area contributed by atoms with Crippen molar-refractivity contribution in [3.8, 4) is 0 Å². The molecule has 2 unspecified atom stereocenters. The number of allylic oxidation sites excluding steroid dienone is 4. The molecular weight excluding hydrogens is 436 g/mol. The van der Waals surface area contributed by atoms with Crippen LogP contribution in [0.25, 0.3) is 0 Å². The Morgan fingerprint density at radius 2 is 2.00 bits per heavy atom. The first-order chi connectivity index (χ1) is 15.1. The number of esters is 1. The zero-order valence-corrected chi connectivity index (χ0v) is 19.5. The van der Waals surface area contributed by atoms with E-state index < -0.39 is 34.7 Å². The van der Waals surface area contributed by atoms with Gasteiger partial charge in [0.05, 0.1) is 12.7 Å². The normalized spacial score (nSPS) is 42.3. The highest BCUT2D eigenvalue weighted by Gasteiger charge is 2.71. The zero-order chi connectivity index (χ0) is 23.3. The van der Waals surface area contributed by atoms with Crippen LogP contribution in [0.2, 0.25) is 0 Å². The maximum Gasteiger partial charge on any atom is 0.509 e. The maximum atomic E-state index is 13.2. The first kappa shape index (κ1) is 23.3. The Morgan fingerprint density at radius 1 is 1.25 bits per heavy atom. The number of aliphatic hydroxyl groups is 1. The van der Waals surface area contributed by atoms with Crippen molar-refractivity contribution >= 4 is 29.5 Å². The van der Waals surface area contributed by atoms with Crippen molar-refractivity contribution in [3.05, 3.63) is 23.8 Å². The van der Waals surface area contributed by atoms with Gasteiger partial charge in [0, 0.05) is 16.7 Å². The molecule has 3 saturated carbocycles. The summed E-state index contributed by atoms with van der Waals surface area (Å²) in [4.78, 5) is 37.5. The van der Waals surface area contributed by atoms with Crippen LogP contribution in [0.1, 0.15) is 52.9 Å². The van der Waals surface area contributed by atoms with Gasteiger partial charge in [-0.15, -0.1) is 0 Å². The molecule has 0 radical (unpaired) electrons. The van der Waals surface area contributed by atoms with Crippen LogP contribution < -0.4 is 0 Å². The summed E-state index contributed by atoms with van der Waals surface area (Å²) in [6, 6.07) is -0.354. The van der Waals surface area contributed by atoms with E-state index in [1.807, 2.05) is 13.0 Å². The van der Waals surface area contributed by atoms with Gasteiger partial charge < -0.3 is 19.3 Å². The molecule has 4 aliphatic carbocycles. The largest absolute Gasteiger partial charge is 0.509 e. The maximum absolute atomic E-state index is 13.2. The second-order valence-electron chi connectivity index (χ2n) is 9.90. The molecule has 0 spiro atoms. The Hall–Kier alpha value is -1.86. The average Bonchev–Trinajstić information content (AvgIpc) is 3.01. The van der Waals surface area contributed by atoms with Crippen molar-refractivity contribution in [2.45, 2.75) is 64.6 Å². The summed E-state index contributed by atoms with van der Waals surface area (Å²) < 4.78 is 15.9. The predicted molar refractivity (Wildman–Crippen MR) is 116 cm³/mol. The Morgan fingerprint density at radius 3 is 2.69 bits per heavy atom. The van der Waals surface area contributed by atoms with Gasteiger partial charge in [-0.05, 0) is 63.0 Å². The van der Waals surface area contributed by atoms with Gasteiger partial charge >= 0.3 is 12.1 Å². The SMILES string of the molecule is CCOC(=O)O[C@]1(C(=O)OCCl)CCC2[C@@H]3CCC4=CC(=O)C=C[C@]4(C)C3[C@@H](O)C[C@@]21C. The number of ketones is 1. The molecule has 0 bridgehead atoms. The summed E-state index contributed by atoms with van der Waals surface area (Å²) in [5.74, 6) is -0.676. The molecule has 0 aliphatic heterocycles. The highest BCUT2D eigenvalue weighted by molar-refractivity contribution is 6.17. The van der Waals surface area contributed by atoms with E-state index in [2.05, 4.69) is 6.92 Å². The number of rotatable bonds is 4. The molecule has 0 aromatic heterocycles. The minimum Gasteiger partial charge on any atom is -0.446 e. The topological polar surface area (TPSA) is 99.1 Å². The van der Waals surface area contributed by atoms with Gasteiger partial charge in [-0.1, -0.05) is 37.1 Å². The van der Waals surface area contributed by atoms with Crippen molar-refractivity contribution in [1.82, 2.24) is 0 Å². The standard InChI is InChI=1S/C24H31ClO7/c1-4-30-21(29)32-24(20(28)31-13-25)10-8-17-16-6-5-14-11-15(26)7-9-22(14,2)19(16)18(27)12-23(17,24)3/h7,9,11,16-19,27H,4-6,8,10,12-13H2,1-3H3/t16-,17?,18-,19?,22-,23-,24-/m0/s1. The summed E-state index contributed by atoms with van der Waals surface area (Å²) in [6.07, 6.45) is 6.31. The molecule has 0 saturated heterocycles. The highest BCUT2D eigenvalue weighted by Crippen LogP contribution is 2.68. The molecule has 4 aliphatic rings. The highest BCUT2D eigenvalue weighted by atomic mass is 35.5. The molecule has 1 N–H and O–H groups in total. The molecule has 176 valence electrons. The Balaban J connectivity index is 1.73. The molecule has 0 aromatic carbocycles. The summed E-state index contributed by atoms with van der Waals surface area (Å²) in [5.41, 5.74) is -1.76. The lowest BCUT2D eigenvalue weighted by atomic mass is 9.46. The first-order valence-electron chi connectivity index (χ1n) is 11.3. The quantitative estimate of drug-likeness (QED) is 0.495. The molecule has 7 nitrogen and oxygen atoms in total. The molecule has 7 atom stereocenters. The third kappa shape index (κ3) is 3.23. The minimum absolute atomic E-state index is 0.0161. The van der Waals surface area contributed by atoms with Crippen LogP contribution in [0.3, 0.4) is 0 Å². The number of hydrogen-bond donors (Lipinski definition) is 1. The van der Waals surface area contributed by atoms with E-state index in [4.69, 9.17) is 25.8 Å². The second kappa shape index (κ2) is 8.17. The molecule has 0 heterocycles. The summed E-state index contributed by atoms with van der Waals surface area (Å²) in [7, 11) is 0. The van der Waals surface area contributed by atoms with Crippen molar-refractivity contribution in [2.24, 2.45) is 28.6 Å². The lowest BCUT2D eigenvalue weighted by Gasteiger charge is -2.59. The van der Waals surface area contributed by atoms with E-state index in [0.29, 0.717) is 6.42 Å². The van der Waals surface area contributed by atoms with Crippen LogP contribution in [0.15, 0.2) is 23.8 Å². The number of alkyl halides is 1. The fourth-order valence-corrected chi connectivity index (χ4v) is 7.41. The summed E-state index contributed by atoms with van der Waals surface area (Å²) >= 11 is 5.70. The van der Waals surface area contributed by atoms with Crippen LogP contribution in [-0.4, -0.2) is 47.4 Å². The average molecular weight is 467 g/mol. The van der Waals surface area contributed by atoms with Crippen LogP contribution in [0, 0.1) is 28.6 Å². The van der Waals surface area contributed by atoms with Crippen molar-refractivity contribution < 1.29 is 33.7 Å². The lowest BCUT2D eigenvalue weighted by molar-refractivity contribution is -0.199. The van der Waals surface area contributed by atoms with E-state index in [9.17, 15) is 19.5 Å². The molecule has 3 fully saturated rings. The van der Waals surface area contributed by atoms with Crippen LogP contribution in [0.4, 0.5) is 4.79 Å². The van der Waals surface area contributed by atoms with Crippen molar-refractivity contribution in [3.63, 3.8) is 0 Å². The summed E-state index contributed by atoms with van der Waals surface area (Å²) in [6.45, 7) is 5.77. The third-order valence-electron chi connectivity index (χ3n) is 8.65. The van der Waals surface area contributed by atoms with Crippen LogP contribution >= 0.6 is 11.6 Å². The Labute approximate surface area is 193 Å². The molecule has 0 amide bonds. The zero-order valence-electron chi connectivity index (χ0n) is 18.8. The van der Waals surface area contributed by atoms with Crippen molar-refractivity contribution in [2.75, 3.05) is 12.7 Å². The van der Waals surface area contributed by atoms with Gasteiger partial charge in [0.25, 0.3) is 0 Å². The minimum atomic E-state index is -1.57. The Kier molecular flexibility index (Phi) is 5.95. The number of fused-ring (bicyclic) bond motifs is 5. The van der Waals surface area contributed by atoms with Crippen LogP contribution in [0.5, 0.6) is 0 Å². The number of halogens is 1. The number of hydrogen-bond acceptors (Lipinski definition) is 7. The number of carbonyl (C=O) groups excluding carboxylic acids is 3. The molecule has 8 heteroatoms. The van der Waals surface area contributed by atoms with Gasteiger partial charge in [-0.25, -0.2) is 9.59 Å². The molecule has 32 heavy (non-hydrogen) atoms. The van der Waals surface area contributed by atoms with Gasteiger partial charge in [0.2, 0.25) is 5.60 Å². The van der Waals surface area contributed by atoms with Gasteiger partial charge in [0.15, 0.2) is 11.8 Å². The van der Waals surface area contributed by atoms with Crippen molar-refractivity contribution in [1.29, 1.82) is 0 Å². The lowest BCUT2D eigenvalue weighted by Crippen LogP contribution is -2.62. The smallest absolute Gasteiger partial charge is 0.446 e. The number of aliphatic hydroxyl groups excluding tert-OH is 1. The van der Waals surface area contributed by atoms with Gasteiger partial charge in [0.1, 0.15) is 0 Å². The molecule has 0 aromatic rings. The second-order valence-corrected chi connectivity index (χ2v) is 10.1. The van der Waals surface area contributed by atoms with Crippen LogP contribution in [-0.2, 0) is 23.8 Å². The molecular formula is C24H31ClO7. The molecule has 4 rings (SSSR count). The van der Waals surface area contributed by atoms with Gasteiger partial charge in [-0.2, -0.15) is 0 Å². The van der Waals surface area contributed by atoms with E-state index in [1.165, 1.54) is 0 Å². The Bertz CT molecular complexity index is 882. The first-order valence-corrected chi connectivity index (χ1v) is 11.9. The van der Waals surface area contributed by atoms with E-state index in [1.54, 1.807) is 19.1 Å². The fourth-order valence-electron chi connectivity index (χ4n) is 7.31. The fraction of sp³-hybridized carbons (Fsp3) is 0.708. The number of carbonyl (C=O) groups is 3. The van der Waals surface area contributed by atoms with E-state index in [0.717, 1.165) is 18.4 Å².